The highest BCUT2D eigenvalue weighted by atomic mass is 35.5. The molecule has 0 aliphatic rings. The van der Waals surface area contributed by atoms with E-state index in [1.54, 1.807) is 12.1 Å². The van der Waals surface area contributed by atoms with Gasteiger partial charge in [-0.15, -0.1) is 0 Å². The summed E-state index contributed by atoms with van der Waals surface area (Å²) >= 11 is 18.2. The molecule has 0 unspecified atom stereocenters. The molecule has 0 saturated heterocycles. The van der Waals surface area contributed by atoms with Crippen molar-refractivity contribution in [3.05, 3.63) is 92.9 Å². The summed E-state index contributed by atoms with van der Waals surface area (Å²) in [6.45, 7) is 1.06. The number of ether oxygens (including phenoxy) is 1. The second-order valence-corrected chi connectivity index (χ2v) is 6.76. The number of halogens is 3. The lowest BCUT2D eigenvalue weighted by Crippen LogP contribution is -2.01. The van der Waals surface area contributed by atoms with Gasteiger partial charge in [0.25, 0.3) is 0 Å². The van der Waals surface area contributed by atoms with E-state index in [-0.39, 0.29) is 0 Å². The molecule has 0 aliphatic heterocycles. The van der Waals surface area contributed by atoms with Crippen molar-refractivity contribution < 1.29 is 4.74 Å². The van der Waals surface area contributed by atoms with Gasteiger partial charge in [-0.1, -0.05) is 65.1 Å². The lowest BCUT2D eigenvalue weighted by molar-refractivity contribution is 0.306. The highest BCUT2D eigenvalue weighted by Gasteiger charge is 2.04. The van der Waals surface area contributed by atoms with Gasteiger partial charge < -0.3 is 10.1 Å². The first-order valence-corrected chi connectivity index (χ1v) is 8.89. The number of rotatable bonds is 6. The van der Waals surface area contributed by atoms with Crippen LogP contribution in [0.1, 0.15) is 11.1 Å². The molecule has 0 spiro atoms. The number of anilines is 1. The zero-order valence-electron chi connectivity index (χ0n) is 13.3. The van der Waals surface area contributed by atoms with Gasteiger partial charge in [0.15, 0.2) is 0 Å². The van der Waals surface area contributed by atoms with Gasteiger partial charge in [-0.2, -0.15) is 0 Å². The number of benzene rings is 3. The van der Waals surface area contributed by atoms with Crippen molar-refractivity contribution in [3.8, 4) is 5.75 Å². The van der Waals surface area contributed by atoms with Gasteiger partial charge in [-0.25, -0.2) is 0 Å². The van der Waals surface area contributed by atoms with Gasteiger partial charge in [-0.05, 0) is 42.0 Å². The molecule has 0 radical (unpaired) electrons. The molecule has 128 valence electrons. The largest absolute Gasteiger partial charge is 0.489 e. The third-order valence-electron chi connectivity index (χ3n) is 3.66. The van der Waals surface area contributed by atoms with Gasteiger partial charge in [0, 0.05) is 22.2 Å². The van der Waals surface area contributed by atoms with Gasteiger partial charge in [0.05, 0.1) is 10.7 Å². The van der Waals surface area contributed by atoms with Crippen LogP contribution in [-0.2, 0) is 13.2 Å². The maximum atomic E-state index is 6.18. The maximum absolute atomic E-state index is 6.18. The van der Waals surface area contributed by atoms with Crippen LogP contribution >= 0.6 is 34.8 Å². The smallest absolute Gasteiger partial charge is 0.120 e. The predicted octanol–water partition coefficient (Wildman–Crippen LogP) is 6.84. The van der Waals surface area contributed by atoms with Crippen LogP contribution in [0.5, 0.6) is 5.75 Å². The maximum Gasteiger partial charge on any atom is 0.120 e. The molecule has 2 nitrogen and oxygen atoms in total. The Kier molecular flexibility index (Phi) is 6.09. The number of hydrogen-bond donors (Lipinski definition) is 1. The summed E-state index contributed by atoms with van der Waals surface area (Å²) in [6, 6.07) is 21.0. The van der Waals surface area contributed by atoms with Crippen molar-refractivity contribution in [2.24, 2.45) is 0 Å². The average molecular weight is 393 g/mol. The fraction of sp³-hybridized carbons (Fsp3) is 0.100. The molecule has 0 atom stereocenters. The molecule has 0 fully saturated rings. The standard InChI is InChI=1S/C20H16Cl3NO/c21-16-8-9-20(19(23)11-16)24-12-14-4-3-6-17(10-14)25-13-15-5-1-2-7-18(15)22/h1-11,24H,12-13H2. The molecule has 3 aromatic carbocycles. The summed E-state index contributed by atoms with van der Waals surface area (Å²) in [5.74, 6) is 0.793. The summed E-state index contributed by atoms with van der Waals surface area (Å²) in [4.78, 5) is 0. The minimum atomic E-state index is 0.430. The van der Waals surface area contributed by atoms with E-state index >= 15 is 0 Å². The second kappa shape index (κ2) is 8.48. The van der Waals surface area contributed by atoms with E-state index in [9.17, 15) is 0 Å². The third kappa shape index (κ3) is 5.05. The highest BCUT2D eigenvalue weighted by Crippen LogP contribution is 2.26. The molecule has 25 heavy (non-hydrogen) atoms. The Hall–Kier alpha value is -1.87. The van der Waals surface area contributed by atoms with E-state index in [2.05, 4.69) is 5.32 Å². The SMILES string of the molecule is Clc1ccc(NCc2cccc(OCc3ccccc3Cl)c2)c(Cl)c1. The van der Waals surface area contributed by atoms with Gasteiger partial charge in [-0.3, -0.25) is 0 Å². The lowest BCUT2D eigenvalue weighted by atomic mass is 10.2. The zero-order valence-corrected chi connectivity index (χ0v) is 15.6. The summed E-state index contributed by atoms with van der Waals surface area (Å²) in [5.41, 5.74) is 2.89. The van der Waals surface area contributed by atoms with Crippen LogP contribution in [0.4, 0.5) is 5.69 Å². The summed E-state index contributed by atoms with van der Waals surface area (Å²) in [7, 11) is 0. The summed E-state index contributed by atoms with van der Waals surface area (Å²) < 4.78 is 5.85. The Labute approximate surface area is 162 Å². The first-order valence-electron chi connectivity index (χ1n) is 7.76. The molecule has 5 heteroatoms. The molecule has 3 aromatic rings. The van der Waals surface area contributed by atoms with Crippen LogP contribution in [0, 0.1) is 0 Å². The van der Waals surface area contributed by atoms with Crippen LogP contribution in [-0.4, -0.2) is 0 Å². The van der Waals surface area contributed by atoms with E-state index in [4.69, 9.17) is 39.5 Å². The molecule has 0 bridgehead atoms. The zero-order chi connectivity index (χ0) is 17.6. The van der Waals surface area contributed by atoms with Crippen LogP contribution in [0.3, 0.4) is 0 Å². The highest BCUT2D eigenvalue weighted by molar-refractivity contribution is 6.36. The molecule has 3 rings (SSSR count). The fourth-order valence-corrected chi connectivity index (χ4v) is 3.02. The van der Waals surface area contributed by atoms with Crippen molar-refractivity contribution in [2.75, 3.05) is 5.32 Å². The van der Waals surface area contributed by atoms with Gasteiger partial charge >= 0.3 is 0 Å². The predicted molar refractivity (Wildman–Crippen MR) is 106 cm³/mol. The van der Waals surface area contributed by atoms with Crippen LogP contribution < -0.4 is 10.1 Å². The quantitative estimate of drug-likeness (QED) is 0.496. The molecule has 0 aromatic heterocycles. The Morgan fingerprint density at radius 2 is 1.64 bits per heavy atom. The normalized spacial score (nSPS) is 10.5. The van der Waals surface area contributed by atoms with Crippen LogP contribution in [0.2, 0.25) is 15.1 Å². The van der Waals surface area contributed by atoms with E-state index < -0.39 is 0 Å². The van der Waals surface area contributed by atoms with E-state index in [1.165, 1.54) is 0 Å². The molecular formula is C20H16Cl3NO. The molecule has 1 N–H and O–H groups in total. The van der Waals surface area contributed by atoms with E-state index in [0.29, 0.717) is 28.2 Å². The first kappa shape index (κ1) is 17.9. The van der Waals surface area contributed by atoms with Crippen LogP contribution in [0.15, 0.2) is 66.7 Å². The monoisotopic (exact) mass is 391 g/mol. The third-order valence-corrected chi connectivity index (χ3v) is 4.58. The van der Waals surface area contributed by atoms with Crippen molar-refractivity contribution in [3.63, 3.8) is 0 Å². The van der Waals surface area contributed by atoms with Crippen molar-refractivity contribution in [1.82, 2.24) is 0 Å². The van der Waals surface area contributed by atoms with Gasteiger partial charge in [0.1, 0.15) is 12.4 Å². The van der Waals surface area contributed by atoms with Crippen molar-refractivity contribution in [2.45, 2.75) is 13.2 Å². The number of nitrogens with one attached hydrogen (secondary N) is 1. The second-order valence-electron chi connectivity index (χ2n) is 5.51. The van der Waals surface area contributed by atoms with E-state index in [0.717, 1.165) is 22.6 Å². The molecule has 0 saturated carbocycles. The first-order chi connectivity index (χ1) is 12.1. The van der Waals surface area contributed by atoms with Crippen molar-refractivity contribution in [1.29, 1.82) is 0 Å². The lowest BCUT2D eigenvalue weighted by Gasteiger charge is -2.11. The van der Waals surface area contributed by atoms with E-state index in [1.807, 2.05) is 54.6 Å². The Balaban J connectivity index is 1.62. The summed E-state index contributed by atoms with van der Waals surface area (Å²) in [6.07, 6.45) is 0. The average Bonchev–Trinajstić information content (AvgIpc) is 2.61. The Morgan fingerprint density at radius 1 is 0.800 bits per heavy atom. The van der Waals surface area contributed by atoms with Gasteiger partial charge in [0.2, 0.25) is 0 Å². The summed E-state index contributed by atoms with van der Waals surface area (Å²) in [5, 5.41) is 5.22. The molecule has 0 aliphatic carbocycles. The molecule has 0 heterocycles. The molecule has 0 amide bonds. The van der Waals surface area contributed by atoms with Crippen LogP contribution in [0.25, 0.3) is 0 Å². The number of hydrogen-bond acceptors (Lipinski definition) is 2. The molecular weight excluding hydrogens is 377 g/mol. The Morgan fingerprint density at radius 3 is 2.44 bits per heavy atom. The van der Waals surface area contributed by atoms with Crippen molar-refractivity contribution >= 4 is 40.5 Å². The minimum Gasteiger partial charge on any atom is -0.489 e. The Bertz CT molecular complexity index is 867. The fourth-order valence-electron chi connectivity index (χ4n) is 2.35. The minimum absolute atomic E-state index is 0.430. The topological polar surface area (TPSA) is 21.3 Å².